The molecule has 27 heavy (non-hydrogen) atoms. The zero-order valence-electron chi connectivity index (χ0n) is 14.3. The maximum atomic E-state index is 12.6. The lowest BCUT2D eigenvalue weighted by Gasteiger charge is -2.31. The Bertz CT molecular complexity index is 932. The van der Waals surface area contributed by atoms with E-state index in [-0.39, 0.29) is 18.4 Å². The number of thiazole rings is 1. The lowest BCUT2D eigenvalue weighted by Crippen LogP contribution is -2.40. The Morgan fingerprint density at radius 1 is 1.26 bits per heavy atom. The molecule has 0 radical (unpaired) electrons. The highest BCUT2D eigenvalue weighted by molar-refractivity contribution is 7.18. The molecule has 5 nitrogen and oxygen atoms in total. The van der Waals surface area contributed by atoms with Gasteiger partial charge in [-0.05, 0) is 31.0 Å². The number of nitrogens with zero attached hydrogens (tertiary/aromatic N) is 4. The molecule has 0 aliphatic carbocycles. The van der Waals surface area contributed by atoms with Gasteiger partial charge in [0.05, 0.1) is 15.2 Å². The molecule has 1 aromatic carbocycles. The predicted molar refractivity (Wildman–Crippen MR) is 95.4 cm³/mol. The molecular formula is C18H17F3N4OS. The van der Waals surface area contributed by atoms with E-state index in [0.717, 1.165) is 38.8 Å². The van der Waals surface area contributed by atoms with Crippen molar-refractivity contribution in [3.63, 3.8) is 0 Å². The van der Waals surface area contributed by atoms with Crippen molar-refractivity contribution in [2.24, 2.45) is 0 Å². The van der Waals surface area contributed by atoms with Crippen molar-refractivity contribution in [1.82, 2.24) is 19.7 Å². The molecule has 1 unspecified atom stereocenters. The van der Waals surface area contributed by atoms with Gasteiger partial charge in [-0.15, -0.1) is 11.3 Å². The first-order chi connectivity index (χ1) is 12.9. The summed E-state index contributed by atoms with van der Waals surface area (Å²) in [5.41, 5.74) is -0.0292. The first-order valence-corrected chi connectivity index (χ1v) is 9.46. The summed E-state index contributed by atoms with van der Waals surface area (Å²) < 4.78 is 40.1. The summed E-state index contributed by atoms with van der Waals surface area (Å²) in [5, 5.41) is 4.46. The fourth-order valence-electron chi connectivity index (χ4n) is 3.31. The summed E-state index contributed by atoms with van der Waals surface area (Å²) in [4.78, 5) is 18.9. The van der Waals surface area contributed by atoms with Gasteiger partial charge in [0.25, 0.3) is 0 Å². The number of hydrogen-bond donors (Lipinski definition) is 0. The number of hydrogen-bond acceptors (Lipinski definition) is 4. The number of amides is 1. The second kappa shape index (κ2) is 6.95. The third kappa shape index (κ3) is 3.83. The van der Waals surface area contributed by atoms with E-state index >= 15 is 0 Å². The Balaban J connectivity index is 1.44. The average Bonchev–Trinajstić information content (AvgIpc) is 3.28. The summed E-state index contributed by atoms with van der Waals surface area (Å²) in [6.07, 6.45) is -1.52. The molecule has 1 aliphatic rings. The van der Waals surface area contributed by atoms with Gasteiger partial charge in [0.1, 0.15) is 6.54 Å². The minimum Gasteiger partial charge on any atom is -0.340 e. The summed E-state index contributed by atoms with van der Waals surface area (Å²) in [6, 6.07) is 8.80. The monoisotopic (exact) mass is 394 g/mol. The van der Waals surface area contributed by atoms with E-state index in [0.29, 0.717) is 13.1 Å². The van der Waals surface area contributed by atoms with Gasteiger partial charge in [-0.1, -0.05) is 12.1 Å². The summed E-state index contributed by atoms with van der Waals surface area (Å²) >= 11 is 1.64. The lowest BCUT2D eigenvalue weighted by atomic mass is 9.98. The molecule has 0 spiro atoms. The van der Waals surface area contributed by atoms with Crippen LogP contribution < -0.4 is 0 Å². The highest BCUT2D eigenvalue weighted by Gasteiger charge is 2.34. The van der Waals surface area contributed by atoms with Crippen LogP contribution in [0.2, 0.25) is 0 Å². The summed E-state index contributed by atoms with van der Waals surface area (Å²) in [6.45, 7) is 0.947. The van der Waals surface area contributed by atoms with Crippen LogP contribution in [0.4, 0.5) is 13.2 Å². The zero-order valence-corrected chi connectivity index (χ0v) is 15.1. The van der Waals surface area contributed by atoms with E-state index < -0.39 is 11.9 Å². The number of alkyl halides is 3. The Labute approximate surface area is 157 Å². The Kier molecular flexibility index (Phi) is 4.63. The van der Waals surface area contributed by atoms with Crippen LogP contribution in [0.15, 0.2) is 36.5 Å². The maximum absolute atomic E-state index is 12.6. The normalized spacial score (nSPS) is 18.2. The van der Waals surface area contributed by atoms with E-state index in [4.69, 9.17) is 0 Å². The largest absolute Gasteiger partial charge is 0.435 e. The minimum absolute atomic E-state index is 0.156. The van der Waals surface area contributed by atoms with Gasteiger partial charge in [-0.2, -0.15) is 18.3 Å². The number of likely N-dealkylation sites (tertiary alicyclic amines) is 1. The quantitative estimate of drug-likeness (QED) is 0.677. The van der Waals surface area contributed by atoms with Crippen LogP contribution in [0.1, 0.15) is 29.5 Å². The molecule has 3 aromatic rings. The molecule has 1 fully saturated rings. The van der Waals surface area contributed by atoms with Crippen LogP contribution in [0.3, 0.4) is 0 Å². The Morgan fingerprint density at radius 2 is 2.07 bits per heavy atom. The summed E-state index contributed by atoms with van der Waals surface area (Å²) in [5.74, 6) is -0.0684. The lowest BCUT2D eigenvalue weighted by molar-refractivity contribution is -0.142. The molecule has 4 rings (SSSR count). The second-order valence-corrected chi connectivity index (χ2v) is 7.66. The molecule has 1 saturated heterocycles. The smallest absolute Gasteiger partial charge is 0.340 e. The molecule has 0 saturated carbocycles. The van der Waals surface area contributed by atoms with Crippen molar-refractivity contribution >= 4 is 27.5 Å². The Morgan fingerprint density at radius 3 is 2.81 bits per heavy atom. The van der Waals surface area contributed by atoms with E-state index in [1.165, 1.54) is 6.20 Å². The molecule has 142 valence electrons. The maximum Gasteiger partial charge on any atom is 0.435 e. The summed E-state index contributed by atoms with van der Waals surface area (Å²) in [7, 11) is 0. The molecule has 3 heterocycles. The fraction of sp³-hybridized carbons (Fsp3) is 0.389. The van der Waals surface area contributed by atoms with Gasteiger partial charge in [0.15, 0.2) is 5.69 Å². The van der Waals surface area contributed by atoms with Crippen molar-refractivity contribution in [3.05, 3.63) is 47.2 Å². The average molecular weight is 394 g/mol. The van der Waals surface area contributed by atoms with E-state index in [1.807, 2.05) is 24.3 Å². The van der Waals surface area contributed by atoms with Gasteiger partial charge in [-0.3, -0.25) is 9.48 Å². The van der Waals surface area contributed by atoms with Gasteiger partial charge >= 0.3 is 6.18 Å². The molecule has 9 heteroatoms. The predicted octanol–water partition coefficient (Wildman–Crippen LogP) is 3.92. The molecule has 0 N–H and O–H groups in total. The van der Waals surface area contributed by atoms with Crippen LogP contribution in [0, 0.1) is 0 Å². The van der Waals surface area contributed by atoms with Gasteiger partial charge < -0.3 is 4.90 Å². The van der Waals surface area contributed by atoms with Crippen LogP contribution in [0.5, 0.6) is 0 Å². The molecule has 1 amide bonds. The molecular weight excluding hydrogens is 377 g/mol. The van der Waals surface area contributed by atoms with Crippen LogP contribution in [0.25, 0.3) is 10.2 Å². The minimum atomic E-state index is -4.50. The molecule has 1 aliphatic heterocycles. The van der Waals surface area contributed by atoms with E-state index in [9.17, 15) is 18.0 Å². The third-order valence-electron chi connectivity index (χ3n) is 4.66. The van der Waals surface area contributed by atoms with Gasteiger partial charge in [-0.25, -0.2) is 4.98 Å². The van der Waals surface area contributed by atoms with Crippen LogP contribution in [-0.4, -0.2) is 38.7 Å². The highest BCUT2D eigenvalue weighted by atomic mass is 32.1. The molecule has 1 atom stereocenters. The van der Waals surface area contributed by atoms with E-state index in [2.05, 4.69) is 10.1 Å². The van der Waals surface area contributed by atoms with Crippen molar-refractivity contribution in [3.8, 4) is 0 Å². The number of benzene rings is 1. The van der Waals surface area contributed by atoms with Crippen LogP contribution >= 0.6 is 11.3 Å². The molecule has 0 bridgehead atoms. The fourth-order valence-corrected chi connectivity index (χ4v) is 4.40. The highest BCUT2D eigenvalue weighted by Crippen LogP contribution is 2.33. The Hall–Kier alpha value is -2.42. The second-order valence-electron chi connectivity index (χ2n) is 6.60. The van der Waals surface area contributed by atoms with Crippen LogP contribution in [-0.2, 0) is 17.5 Å². The van der Waals surface area contributed by atoms with Crippen molar-refractivity contribution in [1.29, 1.82) is 0 Å². The standard InChI is InChI=1S/C18H17F3N4OS/c19-18(20,21)15-7-9-25(23-15)11-16(26)24-8-3-4-12(10-24)17-22-13-5-1-2-6-14(13)27-17/h1-2,5-7,9,12H,3-4,8,10-11H2. The van der Waals surface area contributed by atoms with Gasteiger partial charge in [0, 0.05) is 25.2 Å². The third-order valence-corrected chi connectivity index (χ3v) is 5.86. The van der Waals surface area contributed by atoms with Crippen molar-refractivity contribution in [2.75, 3.05) is 13.1 Å². The number of para-hydroxylation sites is 1. The number of halogens is 3. The number of carbonyl (C=O) groups is 1. The first-order valence-electron chi connectivity index (χ1n) is 8.64. The molecule has 2 aromatic heterocycles. The first kappa shape index (κ1) is 18.0. The number of piperidine rings is 1. The van der Waals surface area contributed by atoms with E-state index in [1.54, 1.807) is 16.2 Å². The van der Waals surface area contributed by atoms with Crippen molar-refractivity contribution < 1.29 is 18.0 Å². The van der Waals surface area contributed by atoms with Crippen molar-refractivity contribution in [2.45, 2.75) is 31.5 Å². The SMILES string of the molecule is O=C(Cn1ccc(C(F)(F)F)n1)N1CCCC(c2nc3ccccc3s2)C1. The number of fused-ring (bicyclic) bond motifs is 1. The number of rotatable bonds is 3. The van der Waals surface area contributed by atoms with Gasteiger partial charge in [0.2, 0.25) is 5.91 Å². The number of aromatic nitrogens is 3. The number of carbonyl (C=O) groups excluding carboxylic acids is 1. The topological polar surface area (TPSA) is 51.0 Å². The zero-order chi connectivity index (χ0) is 19.0.